The summed E-state index contributed by atoms with van der Waals surface area (Å²) in [5, 5.41) is 22.8. The van der Waals surface area contributed by atoms with Gasteiger partial charge < -0.3 is 14.4 Å². The van der Waals surface area contributed by atoms with E-state index in [0.29, 0.717) is 18.8 Å². The number of aromatic nitrogens is 6. The first-order valence-electron chi connectivity index (χ1n) is 7.43. The van der Waals surface area contributed by atoms with E-state index in [-0.39, 0.29) is 17.4 Å². The summed E-state index contributed by atoms with van der Waals surface area (Å²) < 4.78 is 6.93. The molecule has 0 aromatic carbocycles. The van der Waals surface area contributed by atoms with Crippen LogP contribution < -0.4 is 0 Å². The molecule has 0 spiro atoms. The van der Waals surface area contributed by atoms with Gasteiger partial charge in [-0.05, 0) is 34.5 Å². The number of carbonyl (C=O) groups excluding carboxylic acids is 1. The zero-order valence-electron chi connectivity index (χ0n) is 13.5. The summed E-state index contributed by atoms with van der Waals surface area (Å²) in [7, 11) is 1.59. The number of rotatable bonds is 7. The Balaban J connectivity index is 1.90. The summed E-state index contributed by atoms with van der Waals surface area (Å²) in [4.78, 5) is 16.6. The number of aliphatic hydroxyl groups is 1. The van der Waals surface area contributed by atoms with Crippen molar-refractivity contribution < 1.29 is 14.6 Å². The van der Waals surface area contributed by atoms with Crippen molar-refractivity contribution in [1.82, 2.24) is 30.2 Å². The highest BCUT2D eigenvalue weighted by Crippen LogP contribution is 2.15. The molecule has 3 rings (SSSR count). The molecule has 2 N–H and O–H groups in total. The number of methoxy groups -OCH3 is 1. The SMILES string of the molecule is COCc1cc(C(=O)C=C(O)c2nn[nH]n2)n(Cc2ccncc2)c1. The standard InChI is InChI=1S/C16H16N6O3/c1-25-10-12-6-13(14(23)7-15(24)16-18-20-21-19-16)22(9-12)8-11-2-4-17-5-3-11/h2-7,9,24H,8,10H2,1H3,(H,18,19,20,21). The Kier molecular flexibility index (Phi) is 4.95. The second-order valence-corrected chi connectivity index (χ2v) is 5.28. The Hall–Kier alpha value is -3.33. The molecule has 0 amide bonds. The van der Waals surface area contributed by atoms with E-state index in [0.717, 1.165) is 17.2 Å². The second kappa shape index (κ2) is 7.49. The fourth-order valence-corrected chi connectivity index (χ4v) is 2.37. The lowest BCUT2D eigenvalue weighted by Crippen LogP contribution is -2.08. The third-order valence-electron chi connectivity index (χ3n) is 3.46. The average Bonchev–Trinajstić information content (AvgIpc) is 3.26. The van der Waals surface area contributed by atoms with E-state index in [1.165, 1.54) is 0 Å². The molecule has 3 heterocycles. The van der Waals surface area contributed by atoms with Crippen LogP contribution in [0.2, 0.25) is 0 Å². The third kappa shape index (κ3) is 3.96. The van der Waals surface area contributed by atoms with Crippen LogP contribution in [-0.2, 0) is 17.9 Å². The van der Waals surface area contributed by atoms with Crippen LogP contribution in [0.3, 0.4) is 0 Å². The number of hydrogen-bond acceptors (Lipinski definition) is 7. The van der Waals surface area contributed by atoms with Crippen LogP contribution in [-0.4, -0.2) is 48.2 Å². The highest BCUT2D eigenvalue weighted by Gasteiger charge is 2.15. The number of tetrazole rings is 1. The van der Waals surface area contributed by atoms with Gasteiger partial charge >= 0.3 is 0 Å². The van der Waals surface area contributed by atoms with E-state index in [1.807, 2.05) is 18.3 Å². The van der Waals surface area contributed by atoms with Crippen molar-refractivity contribution in [2.45, 2.75) is 13.2 Å². The molecular formula is C16H16N6O3. The number of carbonyl (C=O) groups is 1. The van der Waals surface area contributed by atoms with E-state index in [1.54, 1.807) is 30.1 Å². The van der Waals surface area contributed by atoms with E-state index in [9.17, 15) is 9.90 Å². The molecule has 9 nitrogen and oxygen atoms in total. The zero-order valence-corrected chi connectivity index (χ0v) is 13.5. The van der Waals surface area contributed by atoms with Gasteiger partial charge in [0.2, 0.25) is 11.6 Å². The van der Waals surface area contributed by atoms with Gasteiger partial charge in [0.1, 0.15) is 0 Å². The van der Waals surface area contributed by atoms with Crippen molar-refractivity contribution in [1.29, 1.82) is 0 Å². The monoisotopic (exact) mass is 340 g/mol. The number of ketones is 1. The molecule has 0 radical (unpaired) electrons. The summed E-state index contributed by atoms with van der Waals surface area (Å²) in [5.74, 6) is -0.778. The van der Waals surface area contributed by atoms with Crippen LogP contribution in [0, 0.1) is 0 Å². The molecule has 25 heavy (non-hydrogen) atoms. The smallest absolute Gasteiger partial charge is 0.239 e. The molecule has 9 heteroatoms. The average molecular weight is 340 g/mol. The Bertz CT molecular complexity index is 871. The molecule has 128 valence electrons. The predicted molar refractivity (Wildman–Crippen MR) is 87.6 cm³/mol. The predicted octanol–water partition coefficient (Wildman–Crippen LogP) is 1.37. The lowest BCUT2D eigenvalue weighted by atomic mass is 10.2. The van der Waals surface area contributed by atoms with Gasteiger partial charge in [0, 0.05) is 38.3 Å². The highest BCUT2D eigenvalue weighted by molar-refractivity contribution is 6.06. The van der Waals surface area contributed by atoms with Crippen molar-refractivity contribution >= 4 is 11.5 Å². The van der Waals surface area contributed by atoms with Crippen LogP contribution in [0.15, 0.2) is 42.9 Å². The summed E-state index contributed by atoms with van der Waals surface area (Å²) >= 11 is 0. The number of aliphatic hydroxyl groups excluding tert-OH is 1. The summed E-state index contributed by atoms with van der Waals surface area (Å²) in [5.41, 5.74) is 2.27. The molecular weight excluding hydrogens is 324 g/mol. The molecule has 0 aliphatic rings. The minimum absolute atomic E-state index is 0.0438. The maximum atomic E-state index is 12.6. The van der Waals surface area contributed by atoms with Gasteiger partial charge in [0.05, 0.1) is 12.3 Å². The summed E-state index contributed by atoms with van der Waals surface area (Å²) in [6.45, 7) is 0.869. The number of nitrogens with zero attached hydrogens (tertiary/aromatic N) is 5. The van der Waals surface area contributed by atoms with Gasteiger partial charge in [-0.15, -0.1) is 10.2 Å². The van der Waals surface area contributed by atoms with E-state index in [4.69, 9.17) is 4.74 Å². The second-order valence-electron chi connectivity index (χ2n) is 5.28. The number of nitrogens with one attached hydrogen (secondary N) is 1. The van der Waals surface area contributed by atoms with E-state index < -0.39 is 0 Å². The first-order valence-corrected chi connectivity index (χ1v) is 7.43. The molecule has 0 fully saturated rings. The first kappa shape index (κ1) is 16.5. The lowest BCUT2D eigenvalue weighted by molar-refractivity contribution is 0.103. The van der Waals surface area contributed by atoms with Crippen LogP contribution >= 0.6 is 0 Å². The van der Waals surface area contributed by atoms with Gasteiger partial charge in [0.25, 0.3) is 0 Å². The molecule has 0 saturated heterocycles. The molecule has 0 unspecified atom stereocenters. The number of hydrogen-bond donors (Lipinski definition) is 2. The Morgan fingerprint density at radius 2 is 2.16 bits per heavy atom. The highest BCUT2D eigenvalue weighted by atomic mass is 16.5. The van der Waals surface area contributed by atoms with Crippen LogP contribution in [0.4, 0.5) is 0 Å². The molecule has 0 saturated carbocycles. The minimum Gasteiger partial charge on any atom is -0.504 e. The van der Waals surface area contributed by atoms with Gasteiger partial charge in [-0.3, -0.25) is 9.78 Å². The van der Waals surface area contributed by atoms with Crippen molar-refractivity contribution in [3.63, 3.8) is 0 Å². The maximum Gasteiger partial charge on any atom is 0.239 e. The van der Waals surface area contributed by atoms with Crippen molar-refractivity contribution in [3.05, 3.63) is 65.5 Å². The van der Waals surface area contributed by atoms with Crippen molar-refractivity contribution in [2.24, 2.45) is 0 Å². The topological polar surface area (TPSA) is 119 Å². The molecule has 3 aromatic heterocycles. The van der Waals surface area contributed by atoms with E-state index in [2.05, 4.69) is 25.6 Å². The molecule has 3 aromatic rings. The van der Waals surface area contributed by atoms with Gasteiger partial charge in [-0.25, -0.2) is 0 Å². The van der Waals surface area contributed by atoms with Gasteiger partial charge in [0.15, 0.2) is 5.76 Å². The Labute approximate surface area is 143 Å². The minimum atomic E-state index is -0.376. The molecule has 0 aliphatic heterocycles. The lowest BCUT2D eigenvalue weighted by Gasteiger charge is -2.07. The summed E-state index contributed by atoms with van der Waals surface area (Å²) in [6.07, 6.45) is 6.30. The van der Waals surface area contributed by atoms with Crippen LogP contribution in [0.5, 0.6) is 0 Å². The first-order chi connectivity index (χ1) is 12.2. The molecule has 0 aliphatic carbocycles. The van der Waals surface area contributed by atoms with Crippen molar-refractivity contribution in [2.75, 3.05) is 7.11 Å². The maximum absolute atomic E-state index is 12.6. The van der Waals surface area contributed by atoms with Crippen LogP contribution in [0.25, 0.3) is 5.76 Å². The molecule has 0 bridgehead atoms. The summed E-state index contributed by atoms with van der Waals surface area (Å²) in [6, 6.07) is 5.47. The van der Waals surface area contributed by atoms with Gasteiger partial charge in [-0.1, -0.05) is 0 Å². The fraction of sp³-hybridized carbons (Fsp3) is 0.188. The number of aromatic amines is 1. The van der Waals surface area contributed by atoms with Gasteiger partial charge in [-0.2, -0.15) is 5.21 Å². The zero-order chi connectivity index (χ0) is 17.6. The number of pyridine rings is 1. The largest absolute Gasteiger partial charge is 0.504 e. The number of ether oxygens (including phenoxy) is 1. The van der Waals surface area contributed by atoms with Crippen molar-refractivity contribution in [3.8, 4) is 0 Å². The number of H-pyrrole nitrogens is 1. The quantitative estimate of drug-likeness (QED) is 0.379. The third-order valence-corrected chi connectivity index (χ3v) is 3.46. The fourth-order valence-electron chi connectivity index (χ4n) is 2.37. The Morgan fingerprint density at radius 1 is 1.36 bits per heavy atom. The normalized spacial score (nSPS) is 11.6. The van der Waals surface area contributed by atoms with Crippen LogP contribution in [0.1, 0.15) is 27.4 Å². The molecule has 0 atom stereocenters. The number of allylic oxidation sites excluding steroid dienone is 1. The van der Waals surface area contributed by atoms with E-state index >= 15 is 0 Å². The Morgan fingerprint density at radius 3 is 2.84 bits per heavy atom.